The molecule has 29 heavy (non-hydrogen) atoms. The molecule has 0 unspecified atom stereocenters. The summed E-state index contributed by atoms with van der Waals surface area (Å²) in [4.78, 5) is 23.0. The Morgan fingerprint density at radius 3 is 2.62 bits per heavy atom. The SMILES string of the molecule is Cc1c(/C=C(/C#N)C(=O)NC(N)=O)c2ccccc2n1Cc1ccc(Cl)cc1Cl. The average molecular weight is 427 g/mol. The minimum absolute atomic E-state index is 0.223. The summed E-state index contributed by atoms with van der Waals surface area (Å²) in [6.45, 7) is 2.36. The normalized spacial score (nSPS) is 11.3. The van der Waals surface area contributed by atoms with Gasteiger partial charge in [0.25, 0.3) is 5.91 Å². The van der Waals surface area contributed by atoms with E-state index in [1.165, 1.54) is 6.08 Å². The molecule has 8 heteroatoms. The number of hydrogen-bond donors (Lipinski definition) is 2. The number of nitrogens with one attached hydrogen (secondary N) is 1. The van der Waals surface area contributed by atoms with Crippen molar-refractivity contribution >= 4 is 52.1 Å². The minimum Gasteiger partial charge on any atom is -0.351 e. The van der Waals surface area contributed by atoms with Crippen molar-refractivity contribution in [2.75, 3.05) is 0 Å². The monoisotopic (exact) mass is 426 g/mol. The van der Waals surface area contributed by atoms with E-state index in [0.29, 0.717) is 22.2 Å². The number of benzene rings is 2. The molecule has 0 aliphatic rings. The van der Waals surface area contributed by atoms with Gasteiger partial charge in [-0.25, -0.2) is 4.79 Å². The first-order chi connectivity index (χ1) is 13.8. The summed E-state index contributed by atoms with van der Waals surface area (Å²) in [5, 5.41) is 13.2. The maximum absolute atomic E-state index is 12.1. The number of amides is 3. The van der Waals surface area contributed by atoms with Crippen molar-refractivity contribution in [1.82, 2.24) is 9.88 Å². The summed E-state index contributed by atoms with van der Waals surface area (Å²) in [5.74, 6) is -0.850. The van der Waals surface area contributed by atoms with Gasteiger partial charge in [-0.3, -0.25) is 10.1 Å². The van der Waals surface area contributed by atoms with Crippen molar-refractivity contribution < 1.29 is 9.59 Å². The highest BCUT2D eigenvalue weighted by Gasteiger charge is 2.17. The summed E-state index contributed by atoms with van der Waals surface area (Å²) < 4.78 is 2.04. The van der Waals surface area contributed by atoms with Gasteiger partial charge >= 0.3 is 6.03 Å². The largest absolute Gasteiger partial charge is 0.351 e. The quantitative estimate of drug-likeness (QED) is 0.477. The molecule has 146 valence electrons. The highest BCUT2D eigenvalue weighted by molar-refractivity contribution is 6.35. The van der Waals surface area contributed by atoms with E-state index in [4.69, 9.17) is 28.9 Å². The zero-order valence-electron chi connectivity index (χ0n) is 15.4. The molecule has 1 aromatic heterocycles. The van der Waals surface area contributed by atoms with Gasteiger partial charge in [-0.15, -0.1) is 0 Å². The molecule has 1 heterocycles. The first kappa shape index (κ1) is 20.5. The van der Waals surface area contributed by atoms with Gasteiger partial charge in [0.15, 0.2) is 0 Å². The number of nitrogens with zero attached hydrogens (tertiary/aromatic N) is 2. The fourth-order valence-electron chi connectivity index (χ4n) is 3.14. The molecule has 0 fully saturated rings. The molecule has 2 aromatic carbocycles. The number of halogens is 2. The molecule has 0 spiro atoms. The number of hydrogen-bond acceptors (Lipinski definition) is 3. The van der Waals surface area contributed by atoms with Gasteiger partial charge < -0.3 is 10.3 Å². The highest BCUT2D eigenvalue weighted by atomic mass is 35.5. The van der Waals surface area contributed by atoms with Crippen LogP contribution in [0.25, 0.3) is 17.0 Å². The number of para-hydroxylation sites is 1. The smallest absolute Gasteiger partial charge is 0.319 e. The van der Waals surface area contributed by atoms with Crippen LogP contribution in [-0.2, 0) is 11.3 Å². The van der Waals surface area contributed by atoms with Crippen LogP contribution in [-0.4, -0.2) is 16.5 Å². The Bertz CT molecular complexity index is 1210. The second kappa shape index (κ2) is 8.39. The zero-order chi connectivity index (χ0) is 21.1. The lowest BCUT2D eigenvalue weighted by atomic mass is 10.1. The Kier molecular flexibility index (Phi) is 5.92. The van der Waals surface area contributed by atoms with Crippen LogP contribution < -0.4 is 11.1 Å². The molecular formula is C21H16Cl2N4O2. The standard InChI is InChI=1S/C21H16Cl2N4O2/c1-12-17(8-14(10-24)20(28)26-21(25)29)16-4-2-3-5-19(16)27(12)11-13-6-7-15(22)9-18(13)23/h2-9H,11H2,1H3,(H3,25,26,28,29)/b14-8-. The van der Waals surface area contributed by atoms with Crippen molar-refractivity contribution in [2.24, 2.45) is 5.73 Å². The highest BCUT2D eigenvalue weighted by Crippen LogP contribution is 2.30. The van der Waals surface area contributed by atoms with Gasteiger partial charge in [0, 0.05) is 38.8 Å². The van der Waals surface area contributed by atoms with E-state index in [1.54, 1.807) is 12.1 Å². The van der Waals surface area contributed by atoms with Crippen LogP contribution in [0.3, 0.4) is 0 Å². The van der Waals surface area contributed by atoms with Crippen molar-refractivity contribution in [3.8, 4) is 6.07 Å². The first-order valence-electron chi connectivity index (χ1n) is 8.56. The Morgan fingerprint density at radius 1 is 1.24 bits per heavy atom. The minimum atomic E-state index is -1.02. The average Bonchev–Trinajstić information content (AvgIpc) is 2.92. The number of carbonyl (C=O) groups is 2. The van der Waals surface area contributed by atoms with Crippen molar-refractivity contribution in [3.05, 3.63) is 74.9 Å². The first-order valence-corrected chi connectivity index (χ1v) is 9.31. The molecule has 3 aromatic rings. The molecule has 0 radical (unpaired) electrons. The number of nitriles is 1. The molecule has 0 aliphatic carbocycles. The van der Waals surface area contributed by atoms with E-state index in [-0.39, 0.29) is 5.57 Å². The number of urea groups is 1. The Balaban J connectivity index is 2.14. The number of fused-ring (bicyclic) bond motifs is 1. The third-order valence-electron chi connectivity index (χ3n) is 4.51. The van der Waals surface area contributed by atoms with Crippen LogP contribution in [0.2, 0.25) is 10.0 Å². The van der Waals surface area contributed by atoms with Gasteiger partial charge in [-0.2, -0.15) is 5.26 Å². The van der Waals surface area contributed by atoms with Crippen molar-refractivity contribution in [1.29, 1.82) is 5.26 Å². The maximum Gasteiger partial charge on any atom is 0.319 e. The summed E-state index contributed by atoms with van der Waals surface area (Å²) in [5.41, 5.74) is 8.07. The number of imide groups is 1. The fraction of sp³-hybridized carbons (Fsp3) is 0.0952. The molecular weight excluding hydrogens is 411 g/mol. The van der Waals surface area contributed by atoms with Gasteiger partial charge in [-0.05, 0) is 36.8 Å². The number of primary amides is 1. The second-order valence-corrected chi connectivity index (χ2v) is 7.17. The van der Waals surface area contributed by atoms with E-state index in [1.807, 2.05) is 53.2 Å². The van der Waals surface area contributed by atoms with Gasteiger partial charge in [0.2, 0.25) is 0 Å². The lowest BCUT2D eigenvalue weighted by molar-refractivity contribution is -0.115. The van der Waals surface area contributed by atoms with Gasteiger partial charge in [-0.1, -0.05) is 47.5 Å². The molecule has 0 saturated heterocycles. The molecule has 0 bridgehead atoms. The van der Waals surface area contributed by atoms with Crippen LogP contribution in [0.1, 0.15) is 16.8 Å². The van der Waals surface area contributed by atoms with E-state index in [9.17, 15) is 14.9 Å². The van der Waals surface area contributed by atoms with Gasteiger partial charge in [0.1, 0.15) is 11.6 Å². The molecule has 0 aliphatic heterocycles. The summed E-state index contributed by atoms with van der Waals surface area (Å²) in [7, 11) is 0. The van der Waals surface area contributed by atoms with Crippen molar-refractivity contribution in [3.63, 3.8) is 0 Å². The molecule has 3 N–H and O–H groups in total. The zero-order valence-corrected chi connectivity index (χ0v) is 16.9. The Labute approximate surface area is 177 Å². The molecule has 6 nitrogen and oxygen atoms in total. The number of nitrogens with two attached hydrogens (primary N) is 1. The molecule has 3 amide bonds. The van der Waals surface area contributed by atoms with Crippen LogP contribution in [0, 0.1) is 18.3 Å². The third kappa shape index (κ3) is 4.27. The van der Waals surface area contributed by atoms with E-state index < -0.39 is 11.9 Å². The van der Waals surface area contributed by atoms with Crippen LogP contribution in [0.4, 0.5) is 4.79 Å². The van der Waals surface area contributed by atoms with E-state index in [2.05, 4.69) is 0 Å². The lowest BCUT2D eigenvalue weighted by Crippen LogP contribution is -2.35. The van der Waals surface area contributed by atoms with Crippen molar-refractivity contribution in [2.45, 2.75) is 13.5 Å². The summed E-state index contributed by atoms with van der Waals surface area (Å²) in [6, 6.07) is 13.7. The lowest BCUT2D eigenvalue weighted by Gasteiger charge is -2.10. The maximum atomic E-state index is 12.1. The molecule has 0 saturated carbocycles. The summed E-state index contributed by atoms with van der Waals surface area (Å²) in [6.07, 6.45) is 1.45. The molecule has 0 atom stereocenters. The predicted molar refractivity (Wildman–Crippen MR) is 114 cm³/mol. The van der Waals surface area contributed by atoms with E-state index in [0.717, 1.165) is 22.2 Å². The van der Waals surface area contributed by atoms with E-state index >= 15 is 0 Å². The Morgan fingerprint density at radius 2 is 1.97 bits per heavy atom. The number of carbonyl (C=O) groups excluding carboxylic acids is 2. The summed E-state index contributed by atoms with van der Waals surface area (Å²) >= 11 is 12.3. The van der Waals surface area contributed by atoms with Crippen LogP contribution in [0.15, 0.2) is 48.0 Å². The second-order valence-electron chi connectivity index (χ2n) is 6.33. The topological polar surface area (TPSA) is 101 Å². The number of rotatable bonds is 4. The Hall–Kier alpha value is -3.27. The van der Waals surface area contributed by atoms with Gasteiger partial charge in [0.05, 0.1) is 0 Å². The third-order valence-corrected chi connectivity index (χ3v) is 5.10. The molecule has 3 rings (SSSR count). The fourth-order valence-corrected chi connectivity index (χ4v) is 3.60. The predicted octanol–water partition coefficient (Wildman–Crippen LogP) is 4.41. The number of aromatic nitrogens is 1. The van der Waals surface area contributed by atoms with Crippen LogP contribution >= 0.6 is 23.2 Å². The van der Waals surface area contributed by atoms with Crippen LogP contribution in [0.5, 0.6) is 0 Å².